The molecule has 3 rings (SSSR count). The van der Waals surface area contributed by atoms with E-state index < -0.39 is 17.2 Å². The lowest BCUT2D eigenvalue weighted by atomic mass is 9.95. The van der Waals surface area contributed by atoms with Crippen molar-refractivity contribution in [1.82, 2.24) is 19.6 Å². The SMILES string of the molecule is CC(C)(C)OC(=O)N1CCC(C(=O)O)CC1.CN1CCN(C(=O)C2CCN(C(=O)OC(C)(C)C)CC2)CC1. The van der Waals surface area contributed by atoms with Gasteiger partial charge in [-0.2, -0.15) is 0 Å². The summed E-state index contributed by atoms with van der Waals surface area (Å²) >= 11 is 0. The van der Waals surface area contributed by atoms with Crippen LogP contribution in [0.15, 0.2) is 0 Å². The zero-order chi connectivity index (χ0) is 28.7. The van der Waals surface area contributed by atoms with E-state index in [2.05, 4.69) is 11.9 Å². The zero-order valence-electron chi connectivity index (χ0n) is 24.3. The maximum atomic E-state index is 12.5. The van der Waals surface area contributed by atoms with Crippen LogP contribution in [0.4, 0.5) is 9.59 Å². The van der Waals surface area contributed by atoms with Crippen LogP contribution in [0.3, 0.4) is 0 Å². The molecule has 3 amide bonds. The quantitative estimate of drug-likeness (QED) is 0.567. The summed E-state index contributed by atoms with van der Waals surface area (Å²) in [4.78, 5) is 54.5. The van der Waals surface area contributed by atoms with E-state index in [1.165, 1.54) is 0 Å². The van der Waals surface area contributed by atoms with Gasteiger partial charge in [0.15, 0.2) is 0 Å². The molecule has 11 nitrogen and oxygen atoms in total. The molecule has 3 aliphatic heterocycles. The van der Waals surface area contributed by atoms with Gasteiger partial charge >= 0.3 is 18.2 Å². The van der Waals surface area contributed by atoms with Gasteiger partial charge in [0.05, 0.1) is 5.92 Å². The molecule has 0 radical (unpaired) electrons. The van der Waals surface area contributed by atoms with E-state index in [9.17, 15) is 19.2 Å². The first-order valence-corrected chi connectivity index (χ1v) is 13.7. The second-order valence-corrected chi connectivity index (χ2v) is 12.5. The molecule has 0 saturated carbocycles. The van der Waals surface area contributed by atoms with Gasteiger partial charge in [-0.15, -0.1) is 0 Å². The number of nitrogens with zero attached hydrogens (tertiary/aromatic N) is 4. The molecule has 0 aromatic rings. The van der Waals surface area contributed by atoms with Crippen molar-refractivity contribution >= 4 is 24.1 Å². The highest BCUT2D eigenvalue weighted by molar-refractivity contribution is 5.79. The van der Waals surface area contributed by atoms with E-state index in [0.29, 0.717) is 39.0 Å². The third kappa shape index (κ3) is 10.7. The van der Waals surface area contributed by atoms with Crippen LogP contribution < -0.4 is 0 Å². The van der Waals surface area contributed by atoms with Crippen molar-refractivity contribution in [2.45, 2.75) is 78.4 Å². The Morgan fingerprint density at radius 1 is 0.605 bits per heavy atom. The van der Waals surface area contributed by atoms with Gasteiger partial charge in [-0.05, 0) is 74.3 Å². The molecule has 0 atom stereocenters. The highest BCUT2D eigenvalue weighted by Crippen LogP contribution is 2.22. The molecule has 0 unspecified atom stereocenters. The molecule has 38 heavy (non-hydrogen) atoms. The summed E-state index contributed by atoms with van der Waals surface area (Å²) in [5.41, 5.74) is -0.968. The smallest absolute Gasteiger partial charge is 0.410 e. The number of hydrogen-bond donors (Lipinski definition) is 1. The minimum Gasteiger partial charge on any atom is -0.481 e. The van der Waals surface area contributed by atoms with Crippen molar-refractivity contribution < 1.29 is 33.8 Å². The second kappa shape index (κ2) is 13.5. The minimum absolute atomic E-state index is 0.0575. The maximum Gasteiger partial charge on any atom is 0.410 e. The molecular weight excluding hydrogens is 492 g/mol. The van der Waals surface area contributed by atoms with Gasteiger partial charge in [0.2, 0.25) is 5.91 Å². The molecule has 11 heteroatoms. The number of carboxylic acid groups (broad SMARTS) is 1. The van der Waals surface area contributed by atoms with Crippen molar-refractivity contribution in [3.05, 3.63) is 0 Å². The van der Waals surface area contributed by atoms with Crippen LogP contribution in [0.5, 0.6) is 0 Å². The number of likely N-dealkylation sites (N-methyl/N-ethyl adjacent to an activating group) is 1. The number of hydrogen-bond acceptors (Lipinski definition) is 7. The predicted molar refractivity (Wildman–Crippen MR) is 143 cm³/mol. The van der Waals surface area contributed by atoms with E-state index in [4.69, 9.17) is 14.6 Å². The highest BCUT2D eigenvalue weighted by atomic mass is 16.6. The van der Waals surface area contributed by atoms with Crippen molar-refractivity contribution in [1.29, 1.82) is 0 Å². The fourth-order valence-corrected chi connectivity index (χ4v) is 4.56. The Labute approximate surface area is 227 Å². The third-order valence-corrected chi connectivity index (χ3v) is 6.81. The lowest BCUT2D eigenvalue weighted by Gasteiger charge is -2.37. The lowest BCUT2D eigenvalue weighted by Crippen LogP contribution is -2.51. The monoisotopic (exact) mass is 540 g/mol. The number of likely N-dealkylation sites (tertiary alicyclic amines) is 2. The van der Waals surface area contributed by atoms with E-state index in [1.807, 2.05) is 46.4 Å². The van der Waals surface area contributed by atoms with Gasteiger partial charge in [0, 0.05) is 58.3 Å². The normalized spacial score (nSPS) is 20.3. The summed E-state index contributed by atoms with van der Waals surface area (Å²) in [5, 5.41) is 8.81. The Bertz CT molecular complexity index is 812. The Hall–Kier alpha value is -2.56. The largest absolute Gasteiger partial charge is 0.481 e. The van der Waals surface area contributed by atoms with E-state index in [0.717, 1.165) is 39.0 Å². The summed E-state index contributed by atoms with van der Waals surface area (Å²) in [6.45, 7) is 16.7. The number of carboxylic acids is 1. The molecule has 0 bridgehead atoms. The lowest BCUT2D eigenvalue weighted by molar-refractivity contribution is -0.143. The number of piperidine rings is 2. The molecule has 218 valence electrons. The average Bonchev–Trinajstić information content (AvgIpc) is 2.82. The number of carbonyl (C=O) groups is 4. The Morgan fingerprint density at radius 2 is 0.974 bits per heavy atom. The highest BCUT2D eigenvalue weighted by Gasteiger charge is 2.33. The van der Waals surface area contributed by atoms with Gasteiger partial charge in [-0.25, -0.2) is 9.59 Å². The summed E-state index contributed by atoms with van der Waals surface area (Å²) in [6, 6.07) is 0. The first-order chi connectivity index (χ1) is 17.6. The van der Waals surface area contributed by atoms with Crippen LogP contribution in [0.1, 0.15) is 67.2 Å². The molecule has 3 aliphatic rings. The van der Waals surface area contributed by atoms with Gasteiger partial charge < -0.3 is 34.2 Å². The fraction of sp³-hybridized carbons (Fsp3) is 0.852. The topological polar surface area (TPSA) is 120 Å². The molecule has 0 aromatic heterocycles. The first kappa shape index (κ1) is 31.7. The average molecular weight is 541 g/mol. The van der Waals surface area contributed by atoms with Gasteiger partial charge in [-0.1, -0.05) is 0 Å². The standard InChI is InChI=1S/C16H29N3O3.C11H19NO4/c1-16(2,3)22-15(21)19-7-5-13(6-8-19)14(20)18-11-9-17(4)10-12-18;1-11(2,3)16-10(15)12-6-4-8(5-7-12)9(13)14/h13H,5-12H2,1-4H3;8H,4-7H2,1-3H3,(H,13,14). The van der Waals surface area contributed by atoms with Crippen LogP contribution in [-0.2, 0) is 19.1 Å². The summed E-state index contributed by atoms with van der Waals surface area (Å²) in [7, 11) is 2.08. The summed E-state index contributed by atoms with van der Waals surface area (Å²) in [6.07, 6.45) is 1.88. The van der Waals surface area contributed by atoms with Crippen LogP contribution in [0.25, 0.3) is 0 Å². The molecule has 0 spiro atoms. The minimum atomic E-state index is -0.774. The van der Waals surface area contributed by atoms with Gasteiger partial charge in [0.1, 0.15) is 11.2 Å². The number of amides is 3. The van der Waals surface area contributed by atoms with Crippen LogP contribution in [-0.4, -0.2) is 119 Å². The second-order valence-electron chi connectivity index (χ2n) is 12.5. The summed E-state index contributed by atoms with van der Waals surface area (Å²) < 4.78 is 10.6. The number of rotatable bonds is 2. The fourth-order valence-electron chi connectivity index (χ4n) is 4.56. The Kier molecular flexibility index (Phi) is 11.2. The Balaban J connectivity index is 0.000000281. The van der Waals surface area contributed by atoms with Gasteiger partial charge in [0.25, 0.3) is 0 Å². The summed E-state index contributed by atoms with van der Waals surface area (Å²) in [5.74, 6) is -0.776. The molecule has 3 fully saturated rings. The first-order valence-electron chi connectivity index (χ1n) is 13.7. The molecule has 1 N–H and O–H groups in total. The predicted octanol–water partition coefficient (Wildman–Crippen LogP) is 3.13. The molecule has 0 aliphatic carbocycles. The number of piperazine rings is 1. The number of carbonyl (C=O) groups excluding carboxylic acids is 3. The van der Waals surface area contributed by atoms with Crippen LogP contribution in [0.2, 0.25) is 0 Å². The Morgan fingerprint density at radius 3 is 1.32 bits per heavy atom. The zero-order valence-corrected chi connectivity index (χ0v) is 24.3. The van der Waals surface area contributed by atoms with Crippen LogP contribution >= 0.6 is 0 Å². The number of aliphatic carboxylic acids is 1. The van der Waals surface area contributed by atoms with Crippen LogP contribution in [0, 0.1) is 11.8 Å². The van der Waals surface area contributed by atoms with E-state index in [-0.39, 0.29) is 29.9 Å². The molecular formula is C27H48N4O7. The molecule has 3 heterocycles. The van der Waals surface area contributed by atoms with Gasteiger partial charge in [-0.3, -0.25) is 9.59 Å². The maximum absolute atomic E-state index is 12.5. The van der Waals surface area contributed by atoms with E-state index >= 15 is 0 Å². The van der Waals surface area contributed by atoms with Crippen molar-refractivity contribution in [2.75, 3.05) is 59.4 Å². The van der Waals surface area contributed by atoms with Crippen molar-refractivity contribution in [2.24, 2.45) is 11.8 Å². The van der Waals surface area contributed by atoms with Crippen molar-refractivity contribution in [3.63, 3.8) is 0 Å². The van der Waals surface area contributed by atoms with Crippen molar-refractivity contribution in [3.8, 4) is 0 Å². The molecule has 0 aromatic carbocycles. The third-order valence-electron chi connectivity index (χ3n) is 6.81. The number of ether oxygens (including phenoxy) is 2. The molecule has 3 saturated heterocycles. The van der Waals surface area contributed by atoms with E-state index in [1.54, 1.807) is 9.80 Å².